The van der Waals surface area contributed by atoms with Crippen molar-refractivity contribution in [2.45, 2.75) is 52.7 Å². The van der Waals surface area contributed by atoms with E-state index in [0.29, 0.717) is 12.6 Å². The van der Waals surface area contributed by atoms with Gasteiger partial charge < -0.3 is 10.6 Å². The normalized spacial score (nSPS) is 16.8. The summed E-state index contributed by atoms with van der Waals surface area (Å²) in [5, 5.41) is 12.5. The van der Waals surface area contributed by atoms with Crippen molar-refractivity contribution in [1.29, 1.82) is 0 Å². The van der Waals surface area contributed by atoms with Gasteiger partial charge in [0.25, 0.3) is 0 Å². The summed E-state index contributed by atoms with van der Waals surface area (Å²) in [5.74, 6) is 0.925. The fourth-order valence-corrected chi connectivity index (χ4v) is 4.78. The molecule has 3 rings (SSSR count). The van der Waals surface area contributed by atoms with Gasteiger partial charge in [-0.1, -0.05) is 0 Å². The summed E-state index contributed by atoms with van der Waals surface area (Å²) in [4.78, 5) is 13.1. The lowest BCUT2D eigenvalue weighted by molar-refractivity contribution is 0.198. The van der Waals surface area contributed by atoms with Crippen LogP contribution in [0.5, 0.6) is 0 Å². The molecule has 0 aliphatic carbocycles. The van der Waals surface area contributed by atoms with Crippen LogP contribution >= 0.6 is 22.7 Å². The van der Waals surface area contributed by atoms with Crippen molar-refractivity contribution >= 4 is 28.6 Å². The van der Waals surface area contributed by atoms with Gasteiger partial charge in [0.15, 0.2) is 5.96 Å². The van der Waals surface area contributed by atoms with E-state index in [4.69, 9.17) is 4.99 Å². The lowest BCUT2D eigenvalue weighted by Gasteiger charge is -2.33. The van der Waals surface area contributed by atoms with Crippen LogP contribution in [0.25, 0.3) is 0 Å². The largest absolute Gasteiger partial charge is 0.357 e. The molecule has 1 saturated heterocycles. The average Bonchev–Trinajstić information content (AvgIpc) is 3.24. The number of aliphatic imine (C=N–C) groups is 1. The number of thiophene rings is 1. The van der Waals surface area contributed by atoms with Crippen molar-refractivity contribution in [2.75, 3.05) is 19.6 Å². The zero-order chi connectivity index (χ0) is 18.4. The van der Waals surface area contributed by atoms with E-state index in [2.05, 4.69) is 58.1 Å². The minimum Gasteiger partial charge on any atom is -0.357 e. The minimum atomic E-state index is 0.496. The van der Waals surface area contributed by atoms with E-state index < -0.39 is 0 Å². The molecule has 1 fully saturated rings. The first-order valence-electron chi connectivity index (χ1n) is 9.35. The summed E-state index contributed by atoms with van der Waals surface area (Å²) < 4.78 is 0. The quantitative estimate of drug-likeness (QED) is 0.584. The SMILES string of the molecule is CCNC(=NCc1sc(C)nc1C)NC1CCN(Cc2ccsc2)CC1. The van der Waals surface area contributed by atoms with Crippen molar-refractivity contribution in [2.24, 2.45) is 4.99 Å². The molecule has 0 unspecified atom stereocenters. The topological polar surface area (TPSA) is 52.6 Å². The Morgan fingerprint density at radius 1 is 1.35 bits per heavy atom. The lowest BCUT2D eigenvalue weighted by atomic mass is 10.0. The summed E-state index contributed by atoms with van der Waals surface area (Å²) >= 11 is 3.52. The number of guanidine groups is 1. The molecule has 1 aliphatic rings. The number of nitrogens with zero attached hydrogens (tertiary/aromatic N) is 3. The number of piperidine rings is 1. The van der Waals surface area contributed by atoms with Gasteiger partial charge in [-0.25, -0.2) is 9.98 Å². The maximum absolute atomic E-state index is 4.78. The zero-order valence-corrected chi connectivity index (χ0v) is 17.6. The molecule has 2 N–H and O–H groups in total. The van der Waals surface area contributed by atoms with Crippen molar-refractivity contribution in [3.63, 3.8) is 0 Å². The number of hydrogen-bond donors (Lipinski definition) is 2. The number of nitrogens with one attached hydrogen (secondary N) is 2. The third kappa shape index (κ3) is 5.53. The molecule has 142 valence electrons. The van der Waals surface area contributed by atoms with Crippen LogP contribution < -0.4 is 10.6 Å². The van der Waals surface area contributed by atoms with Crippen molar-refractivity contribution in [1.82, 2.24) is 20.5 Å². The van der Waals surface area contributed by atoms with Gasteiger partial charge in [0.2, 0.25) is 0 Å². The highest BCUT2D eigenvalue weighted by molar-refractivity contribution is 7.11. The monoisotopic (exact) mass is 391 g/mol. The molecule has 0 amide bonds. The van der Waals surface area contributed by atoms with Crippen LogP contribution in [0.4, 0.5) is 0 Å². The van der Waals surface area contributed by atoms with Crippen LogP contribution in [0.3, 0.4) is 0 Å². The van der Waals surface area contributed by atoms with Gasteiger partial charge in [0, 0.05) is 37.1 Å². The highest BCUT2D eigenvalue weighted by Crippen LogP contribution is 2.18. The summed E-state index contributed by atoms with van der Waals surface area (Å²) in [6.07, 6.45) is 2.32. The van der Waals surface area contributed by atoms with Gasteiger partial charge in [-0.05, 0) is 56.0 Å². The second kappa shape index (κ2) is 9.48. The molecule has 26 heavy (non-hydrogen) atoms. The maximum atomic E-state index is 4.78. The first-order chi connectivity index (χ1) is 12.6. The molecule has 1 aliphatic heterocycles. The van der Waals surface area contributed by atoms with E-state index in [1.54, 1.807) is 22.7 Å². The third-order valence-corrected chi connectivity index (χ3v) is 6.43. The Bertz CT molecular complexity index is 700. The summed E-state index contributed by atoms with van der Waals surface area (Å²) in [5.41, 5.74) is 2.54. The zero-order valence-electron chi connectivity index (χ0n) is 15.9. The number of thiazole rings is 1. The van der Waals surface area contributed by atoms with Gasteiger partial charge >= 0.3 is 0 Å². The van der Waals surface area contributed by atoms with Crippen LogP contribution in [-0.2, 0) is 13.1 Å². The Hall–Kier alpha value is -1.44. The highest BCUT2D eigenvalue weighted by Gasteiger charge is 2.20. The van der Waals surface area contributed by atoms with Crippen LogP contribution in [0.1, 0.15) is 40.9 Å². The molecule has 0 bridgehead atoms. The molecule has 3 heterocycles. The van der Waals surface area contributed by atoms with E-state index in [0.717, 1.165) is 55.7 Å². The number of hydrogen-bond acceptors (Lipinski definition) is 5. The third-order valence-electron chi connectivity index (χ3n) is 4.64. The molecule has 0 atom stereocenters. The fourth-order valence-electron chi connectivity index (χ4n) is 3.26. The second-order valence-corrected chi connectivity index (χ2v) is 8.83. The average molecular weight is 392 g/mol. The van der Waals surface area contributed by atoms with Gasteiger partial charge in [-0.15, -0.1) is 11.3 Å². The number of rotatable bonds is 6. The molecular formula is C19H29N5S2. The van der Waals surface area contributed by atoms with Crippen molar-refractivity contribution in [3.8, 4) is 0 Å². The van der Waals surface area contributed by atoms with Gasteiger partial charge in [0.1, 0.15) is 0 Å². The molecule has 0 aromatic carbocycles. The van der Waals surface area contributed by atoms with Crippen molar-refractivity contribution < 1.29 is 0 Å². The second-order valence-electron chi connectivity index (χ2n) is 6.76. The Labute approximate surface area is 164 Å². The van der Waals surface area contributed by atoms with E-state index in [1.165, 1.54) is 10.4 Å². The molecule has 2 aromatic rings. The van der Waals surface area contributed by atoms with E-state index in [9.17, 15) is 0 Å². The van der Waals surface area contributed by atoms with Gasteiger partial charge in [-0.3, -0.25) is 4.90 Å². The molecule has 2 aromatic heterocycles. The molecule has 0 spiro atoms. The van der Waals surface area contributed by atoms with Crippen LogP contribution in [-0.4, -0.2) is 41.5 Å². The molecule has 0 radical (unpaired) electrons. The first kappa shape index (κ1) is 19.3. The van der Waals surface area contributed by atoms with Crippen LogP contribution in [0.2, 0.25) is 0 Å². The Kier molecular flexibility index (Phi) is 7.05. The predicted molar refractivity (Wildman–Crippen MR) is 112 cm³/mol. The Morgan fingerprint density at radius 3 is 2.77 bits per heavy atom. The van der Waals surface area contributed by atoms with Crippen molar-refractivity contribution in [3.05, 3.63) is 38.0 Å². The molecule has 5 nitrogen and oxygen atoms in total. The highest BCUT2D eigenvalue weighted by atomic mass is 32.1. The van der Waals surface area contributed by atoms with Gasteiger partial charge in [0.05, 0.1) is 17.2 Å². The summed E-state index contributed by atoms with van der Waals surface area (Å²) in [6, 6.07) is 2.73. The maximum Gasteiger partial charge on any atom is 0.191 e. The summed E-state index contributed by atoms with van der Waals surface area (Å²) in [6.45, 7) is 11.2. The van der Waals surface area contributed by atoms with Crippen LogP contribution in [0.15, 0.2) is 21.8 Å². The van der Waals surface area contributed by atoms with Gasteiger partial charge in [-0.2, -0.15) is 11.3 Å². The van der Waals surface area contributed by atoms with Crippen LogP contribution in [0, 0.1) is 13.8 Å². The fraction of sp³-hybridized carbons (Fsp3) is 0.579. The number of aryl methyl sites for hydroxylation is 2. The number of likely N-dealkylation sites (tertiary alicyclic amines) is 1. The summed E-state index contributed by atoms with van der Waals surface area (Å²) in [7, 11) is 0. The predicted octanol–water partition coefficient (Wildman–Crippen LogP) is 3.54. The molecular weight excluding hydrogens is 362 g/mol. The minimum absolute atomic E-state index is 0.496. The number of aromatic nitrogens is 1. The molecule has 7 heteroatoms. The first-order valence-corrected chi connectivity index (χ1v) is 11.1. The van der Waals surface area contributed by atoms with E-state index >= 15 is 0 Å². The lowest BCUT2D eigenvalue weighted by Crippen LogP contribution is -2.48. The Balaban J connectivity index is 1.50. The Morgan fingerprint density at radius 2 is 2.15 bits per heavy atom. The van der Waals surface area contributed by atoms with E-state index in [-0.39, 0.29) is 0 Å². The standard InChI is InChI=1S/C19H29N5S2/c1-4-20-19(21-11-18-14(2)22-15(3)26-18)23-17-5-8-24(9-6-17)12-16-7-10-25-13-16/h7,10,13,17H,4-6,8-9,11-12H2,1-3H3,(H2,20,21,23). The van der Waals surface area contributed by atoms with E-state index in [1.807, 2.05) is 0 Å². The molecule has 0 saturated carbocycles. The smallest absolute Gasteiger partial charge is 0.191 e.